The van der Waals surface area contributed by atoms with Crippen molar-refractivity contribution in [2.24, 2.45) is 4.99 Å². The van der Waals surface area contributed by atoms with Gasteiger partial charge in [0.25, 0.3) is 0 Å². The number of piperidine rings is 1. The van der Waals surface area contributed by atoms with E-state index < -0.39 is 0 Å². The maximum Gasteiger partial charge on any atom is 0.193 e. The van der Waals surface area contributed by atoms with Crippen LogP contribution in [0.4, 0.5) is 0 Å². The summed E-state index contributed by atoms with van der Waals surface area (Å²) in [5.41, 5.74) is 0. The summed E-state index contributed by atoms with van der Waals surface area (Å²) in [7, 11) is 1.84. The second kappa shape index (κ2) is 12.4. The molecule has 0 unspecified atom stereocenters. The van der Waals surface area contributed by atoms with E-state index in [0.29, 0.717) is 6.10 Å². The second-order valence-electron chi connectivity index (χ2n) is 5.64. The molecule has 1 heterocycles. The Kier molecular flexibility index (Phi) is 10.8. The molecule has 0 spiro atoms. The molecule has 0 amide bonds. The molecule has 0 aromatic heterocycles. The first-order chi connectivity index (χ1) is 11.3. The molecule has 24 heavy (non-hydrogen) atoms. The van der Waals surface area contributed by atoms with Crippen LogP contribution in [0, 0.1) is 0 Å². The van der Waals surface area contributed by atoms with Crippen LogP contribution in [-0.2, 0) is 4.74 Å². The number of ether oxygens (including phenoxy) is 2. The molecule has 5 nitrogen and oxygen atoms in total. The number of benzene rings is 1. The standard InChI is InChI=1S/C18H29N3O2.HI/c1-3-22-15-7-12-20-18(19-2)21-13-10-17(11-14-21)23-16-8-5-4-6-9-16;/h4-6,8-9,17H,3,7,10-15H2,1-2H3,(H,19,20);1H. The molecule has 1 aromatic rings. The van der Waals surface area contributed by atoms with E-state index in [9.17, 15) is 0 Å². The van der Waals surface area contributed by atoms with Gasteiger partial charge in [0.1, 0.15) is 11.9 Å². The van der Waals surface area contributed by atoms with Gasteiger partial charge in [-0.3, -0.25) is 4.99 Å². The molecule has 1 N–H and O–H groups in total. The van der Waals surface area contributed by atoms with Crippen molar-refractivity contribution in [3.63, 3.8) is 0 Å². The molecule has 6 heteroatoms. The van der Waals surface area contributed by atoms with Gasteiger partial charge in [-0.15, -0.1) is 24.0 Å². The van der Waals surface area contributed by atoms with E-state index >= 15 is 0 Å². The van der Waals surface area contributed by atoms with Gasteiger partial charge in [-0.05, 0) is 25.5 Å². The molecule has 1 aliphatic rings. The fourth-order valence-corrected chi connectivity index (χ4v) is 2.73. The van der Waals surface area contributed by atoms with Crippen molar-refractivity contribution in [1.82, 2.24) is 10.2 Å². The fraction of sp³-hybridized carbons (Fsp3) is 0.611. The topological polar surface area (TPSA) is 46.1 Å². The normalized spacial score (nSPS) is 15.8. The summed E-state index contributed by atoms with van der Waals surface area (Å²) < 4.78 is 11.4. The van der Waals surface area contributed by atoms with Crippen molar-refractivity contribution < 1.29 is 9.47 Å². The van der Waals surface area contributed by atoms with E-state index in [0.717, 1.165) is 63.8 Å². The fourth-order valence-electron chi connectivity index (χ4n) is 2.73. The van der Waals surface area contributed by atoms with Crippen LogP contribution in [0.1, 0.15) is 26.2 Å². The molecule has 1 saturated heterocycles. The van der Waals surface area contributed by atoms with Crippen LogP contribution in [0.2, 0.25) is 0 Å². The third-order valence-corrected chi connectivity index (χ3v) is 3.95. The SMILES string of the molecule is CCOCCCNC(=NC)N1CCC(Oc2ccccc2)CC1.I. The number of likely N-dealkylation sites (tertiary alicyclic amines) is 1. The highest BCUT2D eigenvalue weighted by Gasteiger charge is 2.22. The van der Waals surface area contributed by atoms with Gasteiger partial charge in [0.05, 0.1) is 0 Å². The molecule has 1 fully saturated rings. The molecule has 0 bridgehead atoms. The number of guanidine groups is 1. The smallest absolute Gasteiger partial charge is 0.193 e. The molecule has 0 atom stereocenters. The first kappa shape index (κ1) is 21.0. The van der Waals surface area contributed by atoms with E-state index in [1.807, 2.05) is 44.3 Å². The number of nitrogens with zero attached hydrogens (tertiary/aromatic N) is 2. The number of nitrogens with one attached hydrogen (secondary N) is 1. The van der Waals surface area contributed by atoms with Crippen molar-refractivity contribution in [2.45, 2.75) is 32.3 Å². The Balaban J connectivity index is 0.00000288. The lowest BCUT2D eigenvalue weighted by Crippen LogP contribution is -2.47. The summed E-state index contributed by atoms with van der Waals surface area (Å²) in [6.07, 6.45) is 3.34. The van der Waals surface area contributed by atoms with E-state index in [4.69, 9.17) is 9.47 Å². The second-order valence-corrected chi connectivity index (χ2v) is 5.64. The van der Waals surface area contributed by atoms with Gasteiger partial charge < -0.3 is 19.7 Å². The zero-order valence-corrected chi connectivity index (χ0v) is 17.1. The molecule has 2 rings (SSSR count). The van der Waals surface area contributed by atoms with E-state index in [1.165, 1.54) is 0 Å². The quantitative estimate of drug-likeness (QED) is 0.302. The largest absolute Gasteiger partial charge is 0.490 e. The highest BCUT2D eigenvalue weighted by molar-refractivity contribution is 14.0. The summed E-state index contributed by atoms with van der Waals surface area (Å²) in [5.74, 6) is 1.95. The zero-order valence-electron chi connectivity index (χ0n) is 14.7. The molecule has 136 valence electrons. The van der Waals surface area contributed by atoms with Crippen molar-refractivity contribution in [3.05, 3.63) is 30.3 Å². The Hall–Kier alpha value is -1.02. The number of hydrogen-bond donors (Lipinski definition) is 1. The minimum Gasteiger partial charge on any atom is -0.490 e. The molecule has 0 radical (unpaired) electrons. The summed E-state index contributed by atoms with van der Waals surface area (Å²) in [5, 5.41) is 3.42. The number of rotatable bonds is 7. The van der Waals surface area contributed by atoms with E-state index in [-0.39, 0.29) is 24.0 Å². The van der Waals surface area contributed by atoms with Crippen LogP contribution in [0.5, 0.6) is 5.75 Å². The number of aliphatic imine (C=N–C) groups is 1. The molecular weight excluding hydrogens is 417 g/mol. The molecular formula is C18H30IN3O2. The van der Waals surface area contributed by atoms with Crippen molar-refractivity contribution in [1.29, 1.82) is 0 Å². The highest BCUT2D eigenvalue weighted by atomic mass is 127. The van der Waals surface area contributed by atoms with Crippen LogP contribution >= 0.6 is 24.0 Å². The summed E-state index contributed by atoms with van der Waals surface area (Å²) in [6.45, 7) is 6.45. The van der Waals surface area contributed by atoms with E-state index in [1.54, 1.807) is 0 Å². The van der Waals surface area contributed by atoms with E-state index in [2.05, 4.69) is 15.2 Å². The monoisotopic (exact) mass is 447 g/mol. The van der Waals surface area contributed by atoms with Crippen molar-refractivity contribution >= 4 is 29.9 Å². The molecule has 1 aliphatic heterocycles. The van der Waals surface area contributed by atoms with Crippen LogP contribution in [0.15, 0.2) is 35.3 Å². The van der Waals surface area contributed by atoms with Gasteiger partial charge in [0.2, 0.25) is 0 Å². The third-order valence-electron chi connectivity index (χ3n) is 3.95. The average Bonchev–Trinajstić information content (AvgIpc) is 2.60. The summed E-state index contributed by atoms with van der Waals surface area (Å²) in [4.78, 5) is 6.70. The van der Waals surface area contributed by atoms with Gasteiger partial charge in [-0.1, -0.05) is 18.2 Å². The maximum absolute atomic E-state index is 6.04. The van der Waals surface area contributed by atoms with Gasteiger partial charge in [0, 0.05) is 52.7 Å². The lowest BCUT2D eigenvalue weighted by atomic mass is 10.1. The predicted octanol–water partition coefficient (Wildman–Crippen LogP) is 3.15. The first-order valence-corrected chi connectivity index (χ1v) is 8.58. The Morgan fingerprint density at radius 1 is 1.25 bits per heavy atom. The zero-order chi connectivity index (χ0) is 16.3. The maximum atomic E-state index is 6.04. The van der Waals surface area contributed by atoms with Crippen LogP contribution < -0.4 is 10.1 Å². The Labute approximate surface area is 162 Å². The Morgan fingerprint density at radius 3 is 2.58 bits per heavy atom. The molecule has 0 aliphatic carbocycles. The first-order valence-electron chi connectivity index (χ1n) is 8.58. The van der Waals surface area contributed by atoms with Crippen molar-refractivity contribution in [3.8, 4) is 5.75 Å². The predicted molar refractivity (Wildman–Crippen MR) is 110 cm³/mol. The molecule has 1 aromatic carbocycles. The minimum atomic E-state index is 0. The number of halogens is 1. The Morgan fingerprint density at radius 2 is 1.96 bits per heavy atom. The lowest BCUT2D eigenvalue weighted by Gasteiger charge is -2.34. The van der Waals surface area contributed by atoms with Gasteiger partial charge in [0.15, 0.2) is 5.96 Å². The van der Waals surface area contributed by atoms with Gasteiger partial charge >= 0.3 is 0 Å². The number of hydrogen-bond acceptors (Lipinski definition) is 3. The highest BCUT2D eigenvalue weighted by Crippen LogP contribution is 2.18. The van der Waals surface area contributed by atoms with Crippen LogP contribution in [0.3, 0.4) is 0 Å². The van der Waals surface area contributed by atoms with Crippen LogP contribution in [0.25, 0.3) is 0 Å². The van der Waals surface area contributed by atoms with Gasteiger partial charge in [-0.25, -0.2) is 0 Å². The Bertz CT molecular complexity index is 463. The summed E-state index contributed by atoms with van der Waals surface area (Å²) in [6, 6.07) is 10.1. The summed E-state index contributed by atoms with van der Waals surface area (Å²) >= 11 is 0. The van der Waals surface area contributed by atoms with Gasteiger partial charge in [-0.2, -0.15) is 0 Å². The molecule has 0 saturated carbocycles. The van der Waals surface area contributed by atoms with Crippen LogP contribution in [-0.4, -0.2) is 56.9 Å². The third kappa shape index (κ3) is 7.25. The van der Waals surface area contributed by atoms with Crippen molar-refractivity contribution in [2.75, 3.05) is 39.9 Å². The lowest BCUT2D eigenvalue weighted by molar-refractivity contribution is 0.129. The minimum absolute atomic E-state index is 0. The number of para-hydroxylation sites is 1. The average molecular weight is 447 g/mol.